The average Bonchev–Trinajstić information content (AvgIpc) is 2.55. The monoisotopic (exact) mass is 376 g/mol. The Morgan fingerprint density at radius 1 is 1.04 bits per heavy atom. The van der Waals surface area contributed by atoms with E-state index in [0.717, 1.165) is 28.8 Å². The second-order valence-corrected chi connectivity index (χ2v) is 7.07. The van der Waals surface area contributed by atoms with Crippen molar-refractivity contribution in [2.75, 3.05) is 32.0 Å². The smallest absolute Gasteiger partial charge is 0.242 e. The largest absolute Gasteiger partial charge is 0.354 e. The molecule has 1 aromatic carbocycles. The lowest BCUT2D eigenvalue weighted by atomic mass is 10.1. The molecule has 0 radical (unpaired) electrons. The number of aryl methyl sites for hydroxylation is 3. The fourth-order valence-electron chi connectivity index (χ4n) is 2.86. The Labute approximate surface area is 161 Å². The summed E-state index contributed by atoms with van der Waals surface area (Å²) in [5.74, 6) is -0.697. The molecule has 0 unspecified atom stereocenters. The number of nitrogens with zero attached hydrogens (tertiary/aromatic N) is 1. The normalized spacial score (nSPS) is 11.8. The van der Waals surface area contributed by atoms with E-state index in [0.29, 0.717) is 6.54 Å². The lowest BCUT2D eigenvalue weighted by molar-refractivity contribution is -0.129. The maximum atomic E-state index is 12.3. The fourth-order valence-corrected chi connectivity index (χ4v) is 2.86. The number of nitrogens with one attached hydrogen (secondary N) is 3. The van der Waals surface area contributed by atoms with E-state index < -0.39 is 6.04 Å². The molecule has 0 heterocycles. The van der Waals surface area contributed by atoms with Gasteiger partial charge in [-0.1, -0.05) is 24.6 Å². The highest BCUT2D eigenvalue weighted by Crippen LogP contribution is 2.21. The van der Waals surface area contributed by atoms with Crippen molar-refractivity contribution in [3.05, 3.63) is 28.8 Å². The van der Waals surface area contributed by atoms with Crippen LogP contribution in [0.2, 0.25) is 0 Å². The summed E-state index contributed by atoms with van der Waals surface area (Å²) < 4.78 is 0. The number of benzene rings is 1. The van der Waals surface area contributed by atoms with E-state index in [-0.39, 0.29) is 30.8 Å². The van der Waals surface area contributed by atoms with E-state index in [9.17, 15) is 14.4 Å². The minimum absolute atomic E-state index is 0.0324. The van der Waals surface area contributed by atoms with Gasteiger partial charge in [-0.15, -0.1) is 0 Å². The van der Waals surface area contributed by atoms with Crippen molar-refractivity contribution < 1.29 is 14.4 Å². The second-order valence-electron chi connectivity index (χ2n) is 7.07. The predicted molar refractivity (Wildman–Crippen MR) is 108 cm³/mol. The molecular weight excluding hydrogens is 344 g/mol. The maximum Gasteiger partial charge on any atom is 0.242 e. The third-order valence-electron chi connectivity index (χ3n) is 4.09. The first-order valence-electron chi connectivity index (χ1n) is 9.27. The summed E-state index contributed by atoms with van der Waals surface area (Å²) in [4.78, 5) is 37.8. The average molecular weight is 377 g/mol. The minimum atomic E-state index is -0.607. The van der Waals surface area contributed by atoms with Crippen LogP contribution in [0.15, 0.2) is 12.1 Å². The van der Waals surface area contributed by atoms with Crippen molar-refractivity contribution in [2.24, 2.45) is 0 Å². The van der Waals surface area contributed by atoms with Crippen molar-refractivity contribution >= 4 is 23.4 Å². The van der Waals surface area contributed by atoms with Gasteiger partial charge in [0.1, 0.15) is 6.04 Å². The highest BCUT2D eigenvalue weighted by molar-refractivity contribution is 5.94. The number of hydrogen-bond acceptors (Lipinski definition) is 4. The van der Waals surface area contributed by atoms with E-state index in [1.165, 1.54) is 0 Å². The van der Waals surface area contributed by atoms with Gasteiger partial charge in [0.05, 0.1) is 13.1 Å². The first-order valence-corrected chi connectivity index (χ1v) is 9.27. The zero-order valence-electron chi connectivity index (χ0n) is 17.2. The van der Waals surface area contributed by atoms with Gasteiger partial charge in [0.2, 0.25) is 17.7 Å². The first kappa shape index (κ1) is 22.6. The van der Waals surface area contributed by atoms with Gasteiger partial charge in [-0.05, 0) is 52.3 Å². The molecular formula is C20H32N4O3. The van der Waals surface area contributed by atoms with E-state index in [1.54, 1.807) is 18.9 Å². The van der Waals surface area contributed by atoms with Gasteiger partial charge in [-0.2, -0.15) is 0 Å². The molecule has 0 aromatic heterocycles. The van der Waals surface area contributed by atoms with Crippen LogP contribution in [0.5, 0.6) is 0 Å². The van der Waals surface area contributed by atoms with Crippen molar-refractivity contribution in [3.63, 3.8) is 0 Å². The third-order valence-corrected chi connectivity index (χ3v) is 4.09. The van der Waals surface area contributed by atoms with Crippen molar-refractivity contribution in [2.45, 2.75) is 47.1 Å². The van der Waals surface area contributed by atoms with Gasteiger partial charge in [0.25, 0.3) is 0 Å². The number of carbonyl (C=O) groups excluding carboxylic acids is 3. The Balaban J connectivity index is 2.49. The summed E-state index contributed by atoms with van der Waals surface area (Å²) in [5.41, 5.74) is 3.97. The summed E-state index contributed by atoms with van der Waals surface area (Å²) in [6.45, 7) is 10.2. The van der Waals surface area contributed by atoms with E-state index >= 15 is 0 Å². The summed E-state index contributed by atoms with van der Waals surface area (Å²) in [6, 6.07) is 3.43. The zero-order chi connectivity index (χ0) is 20.6. The van der Waals surface area contributed by atoms with E-state index in [1.807, 2.05) is 39.8 Å². The van der Waals surface area contributed by atoms with Crippen LogP contribution in [0, 0.1) is 20.8 Å². The van der Waals surface area contributed by atoms with Crippen molar-refractivity contribution in [1.29, 1.82) is 0 Å². The van der Waals surface area contributed by atoms with Crippen LogP contribution in [0.25, 0.3) is 0 Å². The Bertz CT molecular complexity index is 665. The Hall–Kier alpha value is -2.41. The van der Waals surface area contributed by atoms with Crippen LogP contribution in [0.1, 0.15) is 37.0 Å². The van der Waals surface area contributed by atoms with Crippen molar-refractivity contribution in [3.8, 4) is 0 Å². The highest BCUT2D eigenvalue weighted by Gasteiger charge is 2.17. The Kier molecular flexibility index (Phi) is 8.94. The Morgan fingerprint density at radius 3 is 2.15 bits per heavy atom. The molecule has 1 aromatic rings. The Morgan fingerprint density at radius 2 is 1.59 bits per heavy atom. The van der Waals surface area contributed by atoms with Gasteiger partial charge < -0.3 is 16.0 Å². The number of carbonyl (C=O) groups is 3. The molecule has 0 aliphatic rings. The molecule has 0 spiro atoms. The molecule has 27 heavy (non-hydrogen) atoms. The molecule has 150 valence electrons. The number of hydrogen-bond donors (Lipinski definition) is 3. The zero-order valence-corrected chi connectivity index (χ0v) is 17.2. The van der Waals surface area contributed by atoms with Crippen LogP contribution in [0.4, 0.5) is 5.69 Å². The lowest BCUT2D eigenvalue weighted by Crippen LogP contribution is -2.48. The summed E-state index contributed by atoms with van der Waals surface area (Å²) in [7, 11) is 1.69. The fraction of sp³-hybridized carbons (Fsp3) is 0.550. The maximum absolute atomic E-state index is 12.3. The van der Waals surface area contributed by atoms with Crippen LogP contribution in [0.3, 0.4) is 0 Å². The molecule has 0 fully saturated rings. The quantitative estimate of drug-likeness (QED) is 0.609. The topological polar surface area (TPSA) is 90.5 Å². The SMILES string of the molecule is CCCNC(=O)[C@H](C)NC(=O)CN(C)CC(=O)Nc1c(C)cc(C)cc1C. The van der Waals surface area contributed by atoms with Crippen LogP contribution in [-0.2, 0) is 14.4 Å². The van der Waals surface area contributed by atoms with Gasteiger partial charge in [0.15, 0.2) is 0 Å². The van der Waals surface area contributed by atoms with Gasteiger partial charge in [-0.25, -0.2) is 0 Å². The van der Waals surface area contributed by atoms with Gasteiger partial charge >= 0.3 is 0 Å². The molecule has 1 atom stereocenters. The number of likely N-dealkylation sites (N-methyl/N-ethyl adjacent to an activating group) is 1. The van der Waals surface area contributed by atoms with Crippen LogP contribution >= 0.6 is 0 Å². The molecule has 0 aliphatic heterocycles. The minimum Gasteiger partial charge on any atom is -0.354 e. The second kappa shape index (κ2) is 10.7. The third kappa shape index (κ3) is 7.78. The number of rotatable bonds is 9. The predicted octanol–water partition coefficient (Wildman–Crippen LogP) is 1.51. The molecule has 7 heteroatoms. The molecule has 0 saturated heterocycles. The van der Waals surface area contributed by atoms with E-state index in [4.69, 9.17) is 0 Å². The first-order chi connectivity index (χ1) is 12.6. The number of amides is 3. The molecule has 0 aliphatic carbocycles. The van der Waals surface area contributed by atoms with Crippen LogP contribution in [-0.4, -0.2) is 55.3 Å². The molecule has 0 saturated carbocycles. The van der Waals surface area contributed by atoms with Gasteiger partial charge in [0, 0.05) is 12.2 Å². The molecule has 1 rings (SSSR count). The molecule has 7 nitrogen and oxygen atoms in total. The van der Waals surface area contributed by atoms with E-state index in [2.05, 4.69) is 16.0 Å². The summed E-state index contributed by atoms with van der Waals surface area (Å²) in [5, 5.41) is 8.29. The number of anilines is 1. The summed E-state index contributed by atoms with van der Waals surface area (Å²) >= 11 is 0. The highest BCUT2D eigenvalue weighted by atomic mass is 16.2. The standard InChI is InChI=1S/C20H32N4O3/c1-7-8-21-20(27)16(5)22-17(25)11-24(6)12-18(26)23-19-14(3)9-13(2)10-15(19)4/h9-10,16H,7-8,11-12H2,1-6H3,(H,21,27)(H,22,25)(H,23,26)/t16-/m0/s1. The molecule has 3 amide bonds. The van der Waals surface area contributed by atoms with Gasteiger partial charge in [-0.3, -0.25) is 19.3 Å². The lowest BCUT2D eigenvalue weighted by Gasteiger charge is -2.19. The van der Waals surface area contributed by atoms with Crippen molar-refractivity contribution in [1.82, 2.24) is 15.5 Å². The molecule has 3 N–H and O–H groups in total. The molecule has 0 bridgehead atoms. The van der Waals surface area contributed by atoms with Crippen LogP contribution < -0.4 is 16.0 Å². The summed E-state index contributed by atoms with van der Waals surface area (Å²) in [6.07, 6.45) is 0.837.